The SMILES string of the molecule is CC1CCC(Nc2nc3ccccn3c(=O)c2/C=C2/SC(=S)N(C)C2=O)CC1. The summed E-state index contributed by atoms with van der Waals surface area (Å²) >= 11 is 6.42. The van der Waals surface area contributed by atoms with Crippen molar-refractivity contribution in [2.24, 2.45) is 5.92 Å². The van der Waals surface area contributed by atoms with Crippen LogP contribution in [-0.2, 0) is 4.79 Å². The lowest BCUT2D eigenvalue weighted by Crippen LogP contribution is -2.28. The van der Waals surface area contributed by atoms with Crippen LogP contribution in [0.2, 0.25) is 0 Å². The molecule has 28 heavy (non-hydrogen) atoms. The number of carbonyl (C=O) groups is 1. The monoisotopic (exact) mass is 414 g/mol. The Morgan fingerprint density at radius 1 is 1.25 bits per heavy atom. The number of likely N-dealkylation sites (N-methyl/N-ethyl adjacent to an activating group) is 1. The number of fused-ring (bicyclic) bond motifs is 1. The predicted molar refractivity (Wildman–Crippen MR) is 117 cm³/mol. The van der Waals surface area contributed by atoms with Gasteiger partial charge in [-0.05, 0) is 49.8 Å². The van der Waals surface area contributed by atoms with Crippen LogP contribution in [0, 0.1) is 5.92 Å². The van der Waals surface area contributed by atoms with E-state index in [1.165, 1.54) is 21.1 Å². The van der Waals surface area contributed by atoms with Gasteiger partial charge in [0.05, 0.1) is 10.5 Å². The zero-order valence-corrected chi connectivity index (χ0v) is 17.5. The molecule has 1 saturated carbocycles. The third kappa shape index (κ3) is 3.58. The fraction of sp³-hybridized carbons (Fsp3) is 0.400. The Balaban J connectivity index is 1.79. The Kier molecular flexibility index (Phi) is 5.25. The van der Waals surface area contributed by atoms with E-state index in [1.54, 1.807) is 25.4 Å². The number of thioether (sulfide) groups is 1. The number of nitrogens with zero attached hydrogens (tertiary/aromatic N) is 3. The van der Waals surface area contributed by atoms with E-state index in [4.69, 9.17) is 17.2 Å². The zero-order chi connectivity index (χ0) is 19.8. The summed E-state index contributed by atoms with van der Waals surface area (Å²) in [6, 6.07) is 5.74. The van der Waals surface area contributed by atoms with Crippen molar-refractivity contribution in [3.63, 3.8) is 0 Å². The number of aromatic nitrogens is 2. The second-order valence-electron chi connectivity index (χ2n) is 7.45. The first kappa shape index (κ1) is 19.1. The van der Waals surface area contributed by atoms with Gasteiger partial charge in [0.2, 0.25) is 0 Å². The molecule has 0 atom stereocenters. The van der Waals surface area contributed by atoms with Crippen LogP contribution < -0.4 is 10.9 Å². The van der Waals surface area contributed by atoms with E-state index in [2.05, 4.69) is 12.2 Å². The zero-order valence-electron chi connectivity index (χ0n) is 15.8. The Bertz CT molecular complexity index is 1040. The number of hydrogen-bond acceptors (Lipinski definition) is 6. The maximum absolute atomic E-state index is 13.2. The topological polar surface area (TPSA) is 66.7 Å². The molecule has 2 aromatic heterocycles. The minimum Gasteiger partial charge on any atom is -0.367 e. The molecule has 1 saturated heterocycles. The normalized spacial score (nSPS) is 24.4. The number of hydrogen-bond donors (Lipinski definition) is 1. The van der Waals surface area contributed by atoms with Gasteiger partial charge in [-0.2, -0.15) is 0 Å². The van der Waals surface area contributed by atoms with Gasteiger partial charge in [0.15, 0.2) is 0 Å². The van der Waals surface area contributed by atoms with Crippen LogP contribution in [0.5, 0.6) is 0 Å². The maximum atomic E-state index is 13.2. The molecule has 146 valence electrons. The van der Waals surface area contributed by atoms with Crippen molar-refractivity contribution >= 4 is 51.7 Å². The number of nitrogens with one attached hydrogen (secondary N) is 1. The summed E-state index contributed by atoms with van der Waals surface area (Å²) in [5.74, 6) is 1.08. The van der Waals surface area contributed by atoms with Crippen LogP contribution in [0.4, 0.5) is 5.82 Å². The van der Waals surface area contributed by atoms with Gasteiger partial charge in [-0.15, -0.1) is 0 Å². The lowest BCUT2D eigenvalue weighted by atomic mass is 9.87. The van der Waals surface area contributed by atoms with Crippen LogP contribution in [-0.4, -0.2) is 37.6 Å². The Morgan fingerprint density at radius 2 is 2.00 bits per heavy atom. The van der Waals surface area contributed by atoms with Crippen molar-refractivity contribution in [1.29, 1.82) is 0 Å². The molecule has 6 nitrogen and oxygen atoms in total. The second-order valence-corrected chi connectivity index (χ2v) is 9.13. The summed E-state index contributed by atoms with van der Waals surface area (Å²) in [5.41, 5.74) is 0.786. The highest BCUT2D eigenvalue weighted by molar-refractivity contribution is 8.26. The number of anilines is 1. The molecule has 3 heterocycles. The van der Waals surface area contributed by atoms with Crippen LogP contribution in [0.1, 0.15) is 38.2 Å². The van der Waals surface area contributed by atoms with Crippen LogP contribution in [0.25, 0.3) is 11.7 Å². The highest BCUT2D eigenvalue weighted by Crippen LogP contribution is 2.32. The fourth-order valence-corrected chi connectivity index (χ4v) is 4.78. The van der Waals surface area contributed by atoms with Gasteiger partial charge < -0.3 is 5.32 Å². The molecule has 2 fully saturated rings. The summed E-state index contributed by atoms with van der Waals surface area (Å²) in [5, 5.41) is 3.48. The molecular formula is C20H22N4O2S2. The first-order chi connectivity index (χ1) is 13.4. The maximum Gasteiger partial charge on any atom is 0.267 e. The van der Waals surface area contributed by atoms with Gasteiger partial charge >= 0.3 is 0 Å². The van der Waals surface area contributed by atoms with Gasteiger partial charge in [-0.1, -0.05) is 37.0 Å². The molecule has 1 amide bonds. The van der Waals surface area contributed by atoms with Crippen molar-refractivity contribution in [3.8, 4) is 0 Å². The molecule has 0 spiro atoms. The molecule has 2 aliphatic rings. The molecule has 0 radical (unpaired) electrons. The first-order valence-corrected chi connectivity index (χ1v) is 10.7. The van der Waals surface area contributed by atoms with Crippen molar-refractivity contribution in [2.75, 3.05) is 12.4 Å². The quantitative estimate of drug-likeness (QED) is 0.612. The molecule has 4 rings (SSSR count). The first-order valence-electron chi connectivity index (χ1n) is 9.43. The van der Waals surface area contributed by atoms with Crippen molar-refractivity contribution < 1.29 is 4.79 Å². The van der Waals surface area contributed by atoms with Crippen molar-refractivity contribution in [1.82, 2.24) is 14.3 Å². The number of rotatable bonds is 3. The van der Waals surface area contributed by atoms with Gasteiger partial charge in [0.25, 0.3) is 11.5 Å². The largest absolute Gasteiger partial charge is 0.367 e. The molecule has 0 unspecified atom stereocenters. The predicted octanol–water partition coefficient (Wildman–Crippen LogP) is 3.52. The van der Waals surface area contributed by atoms with E-state index in [1.807, 2.05) is 12.1 Å². The Hall–Kier alpha value is -2.19. The van der Waals surface area contributed by atoms with Gasteiger partial charge in [0, 0.05) is 19.3 Å². The van der Waals surface area contributed by atoms with Crippen molar-refractivity contribution in [3.05, 3.63) is 45.2 Å². The van der Waals surface area contributed by atoms with Crippen LogP contribution >= 0.6 is 24.0 Å². The number of amides is 1. The minimum absolute atomic E-state index is 0.190. The second kappa shape index (κ2) is 7.67. The summed E-state index contributed by atoms with van der Waals surface area (Å²) in [4.78, 5) is 32.2. The van der Waals surface area contributed by atoms with Crippen molar-refractivity contribution in [2.45, 2.75) is 38.6 Å². The van der Waals surface area contributed by atoms with Gasteiger partial charge in [0.1, 0.15) is 15.8 Å². The van der Waals surface area contributed by atoms with E-state index in [9.17, 15) is 9.59 Å². The molecule has 1 aliphatic carbocycles. The summed E-state index contributed by atoms with van der Waals surface area (Å²) in [7, 11) is 1.65. The smallest absolute Gasteiger partial charge is 0.267 e. The van der Waals surface area contributed by atoms with E-state index in [0.29, 0.717) is 26.3 Å². The molecule has 1 aliphatic heterocycles. The number of pyridine rings is 1. The summed E-state index contributed by atoms with van der Waals surface area (Å²) in [6.45, 7) is 2.27. The Labute approximate surface area is 173 Å². The fourth-order valence-electron chi connectivity index (χ4n) is 3.62. The number of carbonyl (C=O) groups excluding carboxylic acids is 1. The minimum atomic E-state index is -0.196. The van der Waals surface area contributed by atoms with Gasteiger partial charge in [-0.25, -0.2) is 4.98 Å². The molecular weight excluding hydrogens is 392 g/mol. The number of thiocarbonyl (C=S) groups is 1. The van der Waals surface area contributed by atoms with Crippen LogP contribution in [0.3, 0.4) is 0 Å². The standard InChI is InChI=1S/C20H22N4O2S2/c1-12-6-8-13(9-7-12)21-17-14(11-15-19(26)23(2)20(27)28-15)18(25)24-10-4-3-5-16(24)22-17/h3-5,10-13,21H,6-9H2,1-2H3/b15-11+. The summed E-state index contributed by atoms with van der Waals surface area (Å²) < 4.78 is 1.99. The molecule has 1 N–H and O–H groups in total. The third-order valence-corrected chi connectivity index (χ3v) is 6.87. The van der Waals surface area contributed by atoms with E-state index >= 15 is 0 Å². The van der Waals surface area contributed by atoms with Crippen LogP contribution in [0.15, 0.2) is 34.1 Å². The Morgan fingerprint density at radius 3 is 2.68 bits per heavy atom. The third-order valence-electron chi connectivity index (χ3n) is 5.39. The lowest BCUT2D eigenvalue weighted by Gasteiger charge is -2.27. The van der Waals surface area contributed by atoms with E-state index < -0.39 is 0 Å². The van der Waals surface area contributed by atoms with Gasteiger partial charge in [-0.3, -0.25) is 18.9 Å². The molecule has 2 aromatic rings. The highest BCUT2D eigenvalue weighted by Gasteiger charge is 2.30. The molecule has 0 aromatic carbocycles. The lowest BCUT2D eigenvalue weighted by molar-refractivity contribution is -0.121. The summed E-state index contributed by atoms with van der Waals surface area (Å²) in [6.07, 6.45) is 7.74. The van der Waals surface area contributed by atoms with E-state index in [0.717, 1.165) is 31.6 Å². The highest BCUT2D eigenvalue weighted by atomic mass is 32.2. The molecule has 8 heteroatoms. The average Bonchev–Trinajstić information content (AvgIpc) is 2.93. The average molecular weight is 415 g/mol. The van der Waals surface area contributed by atoms with E-state index in [-0.39, 0.29) is 17.5 Å². The molecule has 0 bridgehead atoms.